The van der Waals surface area contributed by atoms with Crippen molar-refractivity contribution in [2.45, 2.75) is 0 Å². The van der Waals surface area contributed by atoms with Crippen molar-refractivity contribution < 1.29 is 0 Å². The van der Waals surface area contributed by atoms with Crippen LogP contribution in [0, 0.1) is 22.7 Å². The number of nitrogens with zero attached hydrogens (tertiary/aromatic N) is 2. The predicted molar refractivity (Wildman–Crippen MR) is 77.7 cm³/mol. The minimum atomic E-state index is 0.122. The van der Waals surface area contributed by atoms with Gasteiger partial charge in [0.1, 0.15) is 17.7 Å². The molecule has 1 aromatic heterocycles. The smallest absolute Gasteiger partial charge is 0.130 e. The molecule has 0 aromatic carbocycles. The Bertz CT molecular complexity index is 827. The molecule has 1 aromatic rings. The Hall–Kier alpha value is -2.62. The molecule has 0 bridgehead atoms. The van der Waals surface area contributed by atoms with Gasteiger partial charge in [0.2, 0.25) is 0 Å². The minimum absolute atomic E-state index is 0.122. The molecule has 0 radical (unpaired) electrons. The van der Waals surface area contributed by atoms with Crippen LogP contribution >= 0.6 is 11.3 Å². The van der Waals surface area contributed by atoms with Gasteiger partial charge >= 0.3 is 0 Å². The van der Waals surface area contributed by atoms with E-state index in [1.165, 1.54) is 10.1 Å². The Morgan fingerprint density at radius 1 is 1.11 bits per heavy atom. The van der Waals surface area contributed by atoms with Gasteiger partial charge in [-0.1, -0.05) is 24.3 Å². The molecule has 2 aliphatic carbocycles. The first-order chi connectivity index (χ1) is 9.33. The van der Waals surface area contributed by atoms with E-state index in [4.69, 9.17) is 10.5 Å². The first-order valence-electron chi connectivity index (χ1n) is 5.74. The normalized spacial score (nSPS) is 10.0. The fourth-order valence-corrected chi connectivity index (χ4v) is 3.07. The molecule has 0 saturated heterocycles. The monoisotopic (exact) mass is 260 g/mol. The van der Waals surface area contributed by atoms with E-state index in [0.29, 0.717) is 0 Å². The minimum Gasteiger partial charge on any atom is -0.192 e. The molecule has 0 unspecified atom stereocenters. The second kappa shape index (κ2) is 4.57. The van der Waals surface area contributed by atoms with Crippen molar-refractivity contribution in [2.75, 3.05) is 0 Å². The number of fused-ring (bicyclic) bond motifs is 3. The van der Waals surface area contributed by atoms with Crippen LogP contribution in [0.1, 0.15) is 5.56 Å². The molecule has 0 amide bonds. The summed E-state index contributed by atoms with van der Waals surface area (Å²) in [6, 6.07) is 15.9. The summed E-state index contributed by atoms with van der Waals surface area (Å²) in [7, 11) is 0. The van der Waals surface area contributed by atoms with Crippen molar-refractivity contribution in [1.82, 2.24) is 0 Å². The molecule has 0 atom stereocenters. The number of hydrogen-bond donors (Lipinski definition) is 0. The lowest BCUT2D eigenvalue weighted by Crippen LogP contribution is -1.78. The van der Waals surface area contributed by atoms with Crippen molar-refractivity contribution in [3.8, 4) is 23.3 Å². The topological polar surface area (TPSA) is 47.6 Å². The van der Waals surface area contributed by atoms with Crippen molar-refractivity contribution in [3.05, 3.63) is 52.9 Å². The van der Waals surface area contributed by atoms with Gasteiger partial charge in [0, 0.05) is 10.1 Å². The molecule has 0 fully saturated rings. The zero-order valence-electron chi connectivity index (χ0n) is 9.92. The maximum absolute atomic E-state index is 8.91. The Labute approximate surface area is 114 Å². The average molecular weight is 260 g/mol. The molecule has 0 N–H and O–H groups in total. The van der Waals surface area contributed by atoms with E-state index in [1.807, 2.05) is 30.3 Å². The van der Waals surface area contributed by atoms with E-state index < -0.39 is 0 Å². The van der Waals surface area contributed by atoms with Crippen molar-refractivity contribution in [3.63, 3.8) is 0 Å². The third kappa shape index (κ3) is 1.87. The molecule has 0 saturated carbocycles. The van der Waals surface area contributed by atoms with Crippen molar-refractivity contribution in [1.29, 1.82) is 10.5 Å². The fourth-order valence-electron chi connectivity index (χ4n) is 2.23. The maximum Gasteiger partial charge on any atom is 0.130 e. The summed E-state index contributed by atoms with van der Waals surface area (Å²) >= 11 is 1.70. The quantitative estimate of drug-likeness (QED) is 0.607. The fraction of sp³-hybridized carbons (Fsp3) is 0. The molecular formula is C16H8N2S. The molecule has 3 rings (SSSR count). The molecule has 1 heterocycles. The Morgan fingerprint density at radius 3 is 2.68 bits per heavy atom. The standard InChI is InChI=1S/C16H8N2S/c17-9-11(10-18)7-12-3-1-2-4-13-8-15-14(16(12)13)5-6-19-15/h1-8H. The number of thiophene rings is 1. The van der Waals surface area contributed by atoms with Crippen LogP contribution in [-0.4, -0.2) is 0 Å². The first-order valence-corrected chi connectivity index (χ1v) is 6.62. The van der Waals surface area contributed by atoms with Crippen LogP contribution in [0.15, 0.2) is 47.4 Å². The molecule has 0 aliphatic heterocycles. The zero-order valence-corrected chi connectivity index (χ0v) is 10.7. The number of nitriles is 2. The van der Waals surface area contributed by atoms with Gasteiger partial charge in [-0.2, -0.15) is 10.5 Å². The lowest BCUT2D eigenvalue weighted by atomic mass is 10.0. The van der Waals surface area contributed by atoms with E-state index in [0.717, 1.165) is 16.7 Å². The number of rotatable bonds is 1. The summed E-state index contributed by atoms with van der Waals surface area (Å²) in [5, 5.41) is 21.0. The largest absolute Gasteiger partial charge is 0.192 e. The van der Waals surface area contributed by atoms with Gasteiger partial charge in [-0.15, -0.1) is 11.3 Å². The maximum atomic E-state index is 8.91. The van der Waals surface area contributed by atoms with Gasteiger partial charge in [0.25, 0.3) is 0 Å². The summed E-state index contributed by atoms with van der Waals surface area (Å²) in [6.07, 6.45) is 1.65. The van der Waals surface area contributed by atoms with E-state index >= 15 is 0 Å². The van der Waals surface area contributed by atoms with E-state index in [2.05, 4.69) is 23.6 Å². The molecule has 3 heteroatoms. The van der Waals surface area contributed by atoms with Crippen LogP contribution in [0.4, 0.5) is 0 Å². The second-order valence-electron chi connectivity index (χ2n) is 4.13. The highest BCUT2D eigenvalue weighted by molar-refractivity contribution is 7.17. The lowest BCUT2D eigenvalue weighted by Gasteiger charge is -1.99. The number of allylic oxidation sites excluding steroid dienone is 1. The average Bonchev–Trinajstić information content (AvgIpc) is 2.94. The van der Waals surface area contributed by atoms with Crippen molar-refractivity contribution in [2.24, 2.45) is 0 Å². The van der Waals surface area contributed by atoms with Gasteiger partial charge in [-0.05, 0) is 40.3 Å². The lowest BCUT2D eigenvalue weighted by molar-refractivity contribution is 1.47. The van der Waals surface area contributed by atoms with E-state index in [9.17, 15) is 0 Å². The van der Waals surface area contributed by atoms with Gasteiger partial charge < -0.3 is 0 Å². The third-order valence-electron chi connectivity index (χ3n) is 3.03. The van der Waals surface area contributed by atoms with E-state index in [-0.39, 0.29) is 5.57 Å². The van der Waals surface area contributed by atoms with Crippen molar-refractivity contribution >= 4 is 27.5 Å². The first kappa shape index (κ1) is 11.5. The molecule has 0 spiro atoms. The van der Waals surface area contributed by atoms with Gasteiger partial charge in [0.05, 0.1) is 0 Å². The van der Waals surface area contributed by atoms with Crippen LogP contribution in [0.5, 0.6) is 0 Å². The van der Waals surface area contributed by atoms with Gasteiger partial charge in [-0.25, -0.2) is 0 Å². The summed E-state index contributed by atoms with van der Waals surface area (Å²) in [4.78, 5) is 0. The highest BCUT2D eigenvalue weighted by atomic mass is 32.1. The van der Waals surface area contributed by atoms with Gasteiger partial charge in [-0.3, -0.25) is 0 Å². The molecule has 2 aliphatic rings. The Balaban J connectivity index is 2.38. The highest BCUT2D eigenvalue weighted by Crippen LogP contribution is 2.39. The van der Waals surface area contributed by atoms with Crippen LogP contribution in [0.2, 0.25) is 0 Å². The summed E-state index contributed by atoms with van der Waals surface area (Å²) in [5.41, 5.74) is 3.26. The van der Waals surface area contributed by atoms with Crippen LogP contribution in [0.3, 0.4) is 0 Å². The predicted octanol–water partition coefficient (Wildman–Crippen LogP) is 4.44. The molecule has 19 heavy (non-hydrogen) atoms. The summed E-state index contributed by atoms with van der Waals surface area (Å²) < 4.78 is 1.23. The second-order valence-corrected chi connectivity index (χ2v) is 5.08. The van der Waals surface area contributed by atoms with Gasteiger partial charge in [0.15, 0.2) is 0 Å². The third-order valence-corrected chi connectivity index (χ3v) is 3.90. The zero-order chi connectivity index (χ0) is 13.2. The highest BCUT2D eigenvalue weighted by Gasteiger charge is 2.13. The molecular weight excluding hydrogens is 252 g/mol. The van der Waals surface area contributed by atoms with Crippen LogP contribution in [0.25, 0.3) is 27.3 Å². The van der Waals surface area contributed by atoms with Crippen LogP contribution < -0.4 is 0 Å². The Morgan fingerprint density at radius 2 is 1.89 bits per heavy atom. The summed E-state index contributed by atoms with van der Waals surface area (Å²) in [5.74, 6) is 0. The molecule has 2 nitrogen and oxygen atoms in total. The van der Waals surface area contributed by atoms with E-state index in [1.54, 1.807) is 17.4 Å². The number of hydrogen-bond acceptors (Lipinski definition) is 3. The Kier molecular flexibility index (Phi) is 2.76. The summed E-state index contributed by atoms with van der Waals surface area (Å²) in [6.45, 7) is 0. The van der Waals surface area contributed by atoms with Crippen LogP contribution in [-0.2, 0) is 0 Å². The SMILES string of the molecule is N#CC(C#N)=Cc1ccccc2cc3sccc3c1-2. The molecule has 88 valence electrons.